The van der Waals surface area contributed by atoms with Gasteiger partial charge >= 0.3 is 0 Å². The first-order valence-electron chi connectivity index (χ1n) is 13.3. The molecule has 1 aliphatic heterocycles. The van der Waals surface area contributed by atoms with Crippen molar-refractivity contribution in [2.75, 3.05) is 5.88 Å². The van der Waals surface area contributed by atoms with Crippen LogP contribution in [0.4, 0.5) is 0 Å². The summed E-state index contributed by atoms with van der Waals surface area (Å²) >= 11 is 1.48. The molecule has 39 heavy (non-hydrogen) atoms. The summed E-state index contributed by atoms with van der Waals surface area (Å²) in [5.74, 6) is -1.14. The summed E-state index contributed by atoms with van der Waals surface area (Å²) in [5, 5.41) is 27.4. The molecule has 9 heteroatoms. The zero-order valence-corrected chi connectivity index (χ0v) is 23.4. The SMILES string of the molecule is Cc1c(O)cccc1C(=O)N[C@@H](Cc1ccccc1)[C@H](O)C(=O)N1CSC(C)(C)[C@H]1C(=O)NC1C=CCCC1. The average Bonchev–Trinajstić information content (AvgIpc) is 3.25. The lowest BCUT2D eigenvalue weighted by Gasteiger charge is -2.34. The van der Waals surface area contributed by atoms with Gasteiger partial charge < -0.3 is 25.7 Å². The lowest BCUT2D eigenvalue weighted by atomic mass is 9.96. The Morgan fingerprint density at radius 2 is 1.87 bits per heavy atom. The van der Waals surface area contributed by atoms with E-state index in [2.05, 4.69) is 16.7 Å². The molecule has 1 saturated heterocycles. The largest absolute Gasteiger partial charge is 0.508 e. The molecular formula is C30H37N3O5S. The van der Waals surface area contributed by atoms with Gasteiger partial charge in [-0.1, -0.05) is 48.6 Å². The zero-order valence-electron chi connectivity index (χ0n) is 22.6. The number of aromatic hydroxyl groups is 1. The number of hydrogen-bond donors (Lipinski definition) is 4. The smallest absolute Gasteiger partial charge is 0.254 e. The third-order valence-corrected chi connectivity index (χ3v) is 8.83. The summed E-state index contributed by atoms with van der Waals surface area (Å²) in [6, 6.07) is 12.1. The normalized spacial score (nSPS) is 21.7. The maximum absolute atomic E-state index is 13.8. The second-order valence-corrected chi connectivity index (χ2v) is 12.3. The fourth-order valence-electron chi connectivity index (χ4n) is 5.17. The molecule has 4 N–H and O–H groups in total. The second kappa shape index (κ2) is 12.3. The Morgan fingerprint density at radius 1 is 1.13 bits per heavy atom. The molecule has 8 nitrogen and oxygen atoms in total. The number of nitrogens with zero attached hydrogens (tertiary/aromatic N) is 1. The van der Waals surface area contributed by atoms with Gasteiger partial charge in [0.05, 0.1) is 11.9 Å². The Labute approximate surface area is 233 Å². The first-order chi connectivity index (χ1) is 18.6. The number of phenolic OH excluding ortho intramolecular Hbond substituents is 1. The third kappa shape index (κ3) is 6.65. The van der Waals surface area contributed by atoms with Crippen LogP contribution in [0.25, 0.3) is 0 Å². The molecule has 0 bridgehead atoms. The standard InChI is InChI=1S/C30H37N3O5S/c1-19-22(15-10-16-24(19)34)27(36)32-23(17-20-11-6-4-7-12-20)25(35)29(38)33-18-39-30(2,3)26(33)28(37)31-21-13-8-5-9-14-21/h4,6-8,10-13,15-16,21,23,25-26,34-35H,5,9,14,17-18H2,1-3H3,(H,31,37)(H,32,36)/t21?,23-,25-,26+/m0/s1. The van der Waals surface area contributed by atoms with Gasteiger partial charge in [-0.2, -0.15) is 0 Å². The van der Waals surface area contributed by atoms with Crippen LogP contribution in [0.5, 0.6) is 5.75 Å². The molecule has 0 aromatic heterocycles. The Kier molecular flexibility index (Phi) is 9.02. The number of thioether (sulfide) groups is 1. The van der Waals surface area contributed by atoms with Gasteiger partial charge in [-0.25, -0.2) is 0 Å². The Hall–Kier alpha value is -3.30. The van der Waals surface area contributed by atoms with Crippen molar-refractivity contribution in [2.24, 2.45) is 0 Å². The lowest BCUT2D eigenvalue weighted by Crippen LogP contribution is -2.59. The number of benzene rings is 2. The van der Waals surface area contributed by atoms with E-state index in [-0.39, 0.29) is 35.6 Å². The number of rotatable bonds is 8. The van der Waals surface area contributed by atoms with E-state index in [9.17, 15) is 24.6 Å². The van der Waals surface area contributed by atoms with Crippen molar-refractivity contribution in [3.63, 3.8) is 0 Å². The van der Waals surface area contributed by atoms with Crippen molar-refractivity contribution in [3.05, 3.63) is 77.4 Å². The molecule has 0 saturated carbocycles. The monoisotopic (exact) mass is 551 g/mol. The van der Waals surface area contributed by atoms with Crippen molar-refractivity contribution in [1.82, 2.24) is 15.5 Å². The van der Waals surface area contributed by atoms with Gasteiger partial charge in [0.1, 0.15) is 11.8 Å². The third-order valence-electron chi connectivity index (χ3n) is 7.46. The molecule has 2 aromatic carbocycles. The molecule has 1 heterocycles. The van der Waals surface area contributed by atoms with E-state index in [0.29, 0.717) is 5.56 Å². The molecule has 0 radical (unpaired) electrons. The predicted octanol–water partition coefficient (Wildman–Crippen LogP) is 3.31. The maximum atomic E-state index is 13.8. The van der Waals surface area contributed by atoms with E-state index in [1.54, 1.807) is 19.1 Å². The molecule has 4 atom stereocenters. The number of nitrogens with one attached hydrogen (secondary N) is 2. The van der Waals surface area contributed by atoms with Crippen molar-refractivity contribution in [3.8, 4) is 5.75 Å². The topological polar surface area (TPSA) is 119 Å². The van der Waals surface area contributed by atoms with Crippen molar-refractivity contribution < 1.29 is 24.6 Å². The van der Waals surface area contributed by atoms with Crippen LogP contribution < -0.4 is 10.6 Å². The number of carbonyl (C=O) groups is 3. The molecule has 2 aromatic rings. The average molecular weight is 552 g/mol. The van der Waals surface area contributed by atoms with Crippen LogP contribution in [0.2, 0.25) is 0 Å². The highest BCUT2D eigenvalue weighted by Gasteiger charge is 2.50. The molecule has 4 rings (SSSR count). The minimum atomic E-state index is -1.59. The van der Waals surface area contributed by atoms with Gasteiger partial charge in [0.25, 0.3) is 11.8 Å². The number of phenols is 1. The van der Waals surface area contributed by atoms with Crippen LogP contribution in [-0.4, -0.2) is 67.7 Å². The fraction of sp³-hybridized carbons (Fsp3) is 0.433. The summed E-state index contributed by atoms with van der Waals surface area (Å²) in [7, 11) is 0. The molecule has 1 fully saturated rings. The van der Waals surface area contributed by atoms with Crippen LogP contribution in [0, 0.1) is 6.92 Å². The number of aliphatic hydroxyl groups is 1. The number of carbonyl (C=O) groups excluding carboxylic acids is 3. The Balaban J connectivity index is 1.57. The Morgan fingerprint density at radius 3 is 2.56 bits per heavy atom. The van der Waals surface area contributed by atoms with E-state index >= 15 is 0 Å². The molecule has 1 unspecified atom stereocenters. The highest BCUT2D eigenvalue weighted by molar-refractivity contribution is 8.00. The van der Waals surface area contributed by atoms with Crippen LogP contribution in [0.1, 0.15) is 54.6 Å². The fourth-order valence-corrected chi connectivity index (χ4v) is 6.31. The van der Waals surface area contributed by atoms with Crippen LogP contribution in [0.3, 0.4) is 0 Å². The van der Waals surface area contributed by atoms with E-state index in [4.69, 9.17) is 0 Å². The summed E-state index contributed by atoms with van der Waals surface area (Å²) in [6.07, 6.45) is 5.48. The highest BCUT2D eigenvalue weighted by Crippen LogP contribution is 2.40. The van der Waals surface area contributed by atoms with E-state index in [1.807, 2.05) is 50.3 Å². The number of amides is 3. The predicted molar refractivity (Wildman–Crippen MR) is 152 cm³/mol. The van der Waals surface area contributed by atoms with Gasteiger partial charge in [-0.05, 0) is 64.2 Å². The summed E-state index contributed by atoms with van der Waals surface area (Å²) in [6.45, 7) is 5.48. The lowest BCUT2D eigenvalue weighted by molar-refractivity contribution is -0.147. The number of allylic oxidation sites excluding steroid dienone is 1. The minimum Gasteiger partial charge on any atom is -0.508 e. The van der Waals surface area contributed by atoms with Gasteiger partial charge in [0.15, 0.2) is 6.10 Å². The molecule has 3 amide bonds. The molecule has 0 spiro atoms. The Bertz CT molecular complexity index is 1230. The van der Waals surface area contributed by atoms with Crippen LogP contribution >= 0.6 is 11.8 Å². The number of hydrogen-bond acceptors (Lipinski definition) is 6. The highest BCUT2D eigenvalue weighted by atomic mass is 32.2. The zero-order chi connectivity index (χ0) is 28.2. The van der Waals surface area contributed by atoms with Gasteiger partial charge in [0, 0.05) is 21.9 Å². The molecule has 208 valence electrons. The van der Waals surface area contributed by atoms with Crippen molar-refractivity contribution in [1.29, 1.82) is 0 Å². The summed E-state index contributed by atoms with van der Waals surface area (Å²) in [5.41, 5.74) is 1.49. The quantitative estimate of drug-likeness (QED) is 0.374. The number of aliphatic hydroxyl groups excluding tert-OH is 1. The van der Waals surface area contributed by atoms with Crippen LogP contribution in [0.15, 0.2) is 60.7 Å². The van der Waals surface area contributed by atoms with E-state index in [0.717, 1.165) is 24.8 Å². The maximum Gasteiger partial charge on any atom is 0.254 e. The molecular weight excluding hydrogens is 514 g/mol. The van der Waals surface area contributed by atoms with E-state index < -0.39 is 34.7 Å². The first kappa shape index (κ1) is 28.7. The van der Waals surface area contributed by atoms with Crippen molar-refractivity contribution >= 4 is 29.5 Å². The first-order valence-corrected chi connectivity index (χ1v) is 14.3. The van der Waals surface area contributed by atoms with Crippen LogP contribution in [-0.2, 0) is 16.0 Å². The minimum absolute atomic E-state index is 0.0168. The van der Waals surface area contributed by atoms with Crippen molar-refractivity contribution in [2.45, 2.75) is 75.4 Å². The summed E-state index contributed by atoms with van der Waals surface area (Å²) < 4.78 is -0.561. The van der Waals surface area contributed by atoms with Gasteiger partial charge in [0.2, 0.25) is 5.91 Å². The molecule has 1 aliphatic carbocycles. The molecule has 2 aliphatic rings. The second-order valence-electron chi connectivity index (χ2n) is 10.7. The van der Waals surface area contributed by atoms with Gasteiger partial charge in [-0.3, -0.25) is 14.4 Å². The van der Waals surface area contributed by atoms with Gasteiger partial charge in [-0.15, -0.1) is 11.8 Å². The summed E-state index contributed by atoms with van der Waals surface area (Å²) in [4.78, 5) is 41.9. The van der Waals surface area contributed by atoms with E-state index in [1.165, 1.54) is 22.7 Å².